The zero-order valence-electron chi connectivity index (χ0n) is 17.6. The Morgan fingerprint density at radius 2 is 1.70 bits per heavy atom. The Morgan fingerprint density at radius 1 is 0.879 bits per heavy atom. The highest BCUT2D eigenvalue weighted by Gasteiger charge is 2.15. The van der Waals surface area contributed by atoms with Crippen molar-refractivity contribution in [1.82, 2.24) is 10.2 Å². The SMILES string of the molecule is COc1cccc(Oc2ccc(-c3ccc(C(=O)Nc4ccc5c(c4)OCO5)cc3)nn2)c1. The van der Waals surface area contributed by atoms with Crippen molar-refractivity contribution in [3.8, 4) is 40.1 Å². The normalized spacial score (nSPS) is 11.7. The molecular weight excluding hydrogens is 422 g/mol. The second kappa shape index (κ2) is 8.88. The molecule has 0 unspecified atom stereocenters. The number of nitrogens with zero attached hydrogens (tertiary/aromatic N) is 2. The van der Waals surface area contributed by atoms with Gasteiger partial charge in [0.15, 0.2) is 11.5 Å². The second-order valence-electron chi connectivity index (χ2n) is 7.14. The maximum atomic E-state index is 12.6. The summed E-state index contributed by atoms with van der Waals surface area (Å²) in [6, 6.07) is 23.2. The molecule has 0 spiro atoms. The van der Waals surface area contributed by atoms with Gasteiger partial charge in [0.2, 0.25) is 12.7 Å². The highest BCUT2D eigenvalue weighted by molar-refractivity contribution is 6.04. The molecule has 1 amide bonds. The van der Waals surface area contributed by atoms with E-state index in [0.717, 1.165) is 5.56 Å². The van der Waals surface area contributed by atoms with Gasteiger partial charge in [0.1, 0.15) is 11.5 Å². The standard InChI is InChI=1S/C25H19N3O5/c1-30-19-3-2-4-20(14-19)33-24-12-10-21(27-28-24)16-5-7-17(8-6-16)25(29)26-18-9-11-22-23(13-18)32-15-31-22/h2-14H,15H2,1H3,(H,26,29). The lowest BCUT2D eigenvalue weighted by Gasteiger charge is -2.08. The van der Waals surface area contributed by atoms with Crippen LogP contribution in [0.3, 0.4) is 0 Å². The van der Waals surface area contributed by atoms with Crippen LogP contribution in [0, 0.1) is 0 Å². The summed E-state index contributed by atoms with van der Waals surface area (Å²) in [5, 5.41) is 11.2. The minimum atomic E-state index is -0.228. The summed E-state index contributed by atoms with van der Waals surface area (Å²) in [6.45, 7) is 0.186. The number of hydrogen-bond acceptors (Lipinski definition) is 7. The van der Waals surface area contributed by atoms with Crippen LogP contribution in [0.5, 0.6) is 28.9 Å². The summed E-state index contributed by atoms with van der Waals surface area (Å²) in [6.07, 6.45) is 0. The molecule has 4 aromatic rings. The molecule has 0 atom stereocenters. The Morgan fingerprint density at radius 3 is 2.48 bits per heavy atom. The highest BCUT2D eigenvalue weighted by Crippen LogP contribution is 2.34. The summed E-state index contributed by atoms with van der Waals surface area (Å²) in [7, 11) is 1.60. The number of ether oxygens (including phenoxy) is 4. The molecule has 3 aromatic carbocycles. The van der Waals surface area contributed by atoms with E-state index < -0.39 is 0 Å². The van der Waals surface area contributed by atoms with Crippen molar-refractivity contribution in [2.45, 2.75) is 0 Å². The van der Waals surface area contributed by atoms with Crippen molar-refractivity contribution in [2.75, 3.05) is 19.2 Å². The Labute approximate surface area is 189 Å². The topological polar surface area (TPSA) is 91.8 Å². The largest absolute Gasteiger partial charge is 0.497 e. The average Bonchev–Trinajstić information content (AvgIpc) is 3.33. The fourth-order valence-corrected chi connectivity index (χ4v) is 3.28. The third kappa shape index (κ3) is 4.54. The molecule has 0 aliphatic carbocycles. The third-order valence-corrected chi connectivity index (χ3v) is 4.98. The molecule has 33 heavy (non-hydrogen) atoms. The molecule has 8 heteroatoms. The first-order chi connectivity index (χ1) is 16.2. The van der Waals surface area contributed by atoms with Crippen molar-refractivity contribution in [3.63, 3.8) is 0 Å². The maximum Gasteiger partial charge on any atom is 0.255 e. The third-order valence-electron chi connectivity index (χ3n) is 4.98. The van der Waals surface area contributed by atoms with E-state index in [-0.39, 0.29) is 12.7 Å². The Bertz CT molecular complexity index is 1290. The van der Waals surface area contributed by atoms with E-state index >= 15 is 0 Å². The molecule has 0 saturated carbocycles. The average molecular weight is 441 g/mol. The van der Waals surface area contributed by atoms with Crippen LogP contribution in [0.1, 0.15) is 10.4 Å². The van der Waals surface area contributed by atoms with Gasteiger partial charge in [-0.15, -0.1) is 10.2 Å². The van der Waals surface area contributed by atoms with Gasteiger partial charge < -0.3 is 24.3 Å². The van der Waals surface area contributed by atoms with E-state index in [0.29, 0.717) is 45.8 Å². The van der Waals surface area contributed by atoms with Gasteiger partial charge in [-0.05, 0) is 42.5 Å². The summed E-state index contributed by atoms with van der Waals surface area (Å²) >= 11 is 0. The van der Waals surface area contributed by atoms with Crippen molar-refractivity contribution >= 4 is 11.6 Å². The molecule has 1 aromatic heterocycles. The quantitative estimate of drug-likeness (QED) is 0.454. The highest BCUT2D eigenvalue weighted by atomic mass is 16.7. The van der Waals surface area contributed by atoms with E-state index in [1.165, 1.54) is 0 Å². The van der Waals surface area contributed by atoms with Gasteiger partial charge in [-0.1, -0.05) is 18.2 Å². The number of amides is 1. The summed E-state index contributed by atoms with van der Waals surface area (Å²) in [5.41, 5.74) is 2.64. The Balaban J connectivity index is 1.24. The van der Waals surface area contributed by atoms with Crippen LogP contribution in [0.4, 0.5) is 5.69 Å². The number of aromatic nitrogens is 2. The number of nitrogens with one attached hydrogen (secondary N) is 1. The van der Waals surface area contributed by atoms with Gasteiger partial charge in [-0.25, -0.2) is 0 Å². The van der Waals surface area contributed by atoms with Crippen LogP contribution in [0.15, 0.2) is 78.9 Å². The van der Waals surface area contributed by atoms with E-state index in [1.807, 2.05) is 36.4 Å². The first-order valence-corrected chi connectivity index (χ1v) is 10.1. The zero-order valence-corrected chi connectivity index (χ0v) is 17.6. The molecule has 1 N–H and O–H groups in total. The lowest BCUT2D eigenvalue weighted by Crippen LogP contribution is -2.11. The molecule has 1 aliphatic heterocycles. The molecule has 0 radical (unpaired) electrons. The maximum absolute atomic E-state index is 12.6. The predicted octanol–water partition coefficient (Wildman–Crippen LogP) is 4.93. The Hall–Kier alpha value is -4.59. The number of hydrogen-bond donors (Lipinski definition) is 1. The van der Waals surface area contributed by atoms with Crippen LogP contribution >= 0.6 is 0 Å². The molecule has 1 aliphatic rings. The van der Waals surface area contributed by atoms with Crippen LogP contribution in [0.2, 0.25) is 0 Å². The van der Waals surface area contributed by atoms with Gasteiger partial charge >= 0.3 is 0 Å². The number of carbonyl (C=O) groups is 1. The molecule has 0 bridgehead atoms. The van der Waals surface area contributed by atoms with E-state index in [2.05, 4.69) is 15.5 Å². The monoisotopic (exact) mass is 441 g/mol. The number of fused-ring (bicyclic) bond motifs is 1. The fraction of sp³-hybridized carbons (Fsp3) is 0.0800. The van der Waals surface area contributed by atoms with Crippen molar-refractivity contribution in [2.24, 2.45) is 0 Å². The van der Waals surface area contributed by atoms with Crippen LogP contribution < -0.4 is 24.3 Å². The number of carbonyl (C=O) groups excluding carboxylic acids is 1. The Kier molecular flexibility index (Phi) is 5.47. The van der Waals surface area contributed by atoms with Gasteiger partial charge in [0, 0.05) is 35.0 Å². The summed E-state index contributed by atoms with van der Waals surface area (Å²) in [4.78, 5) is 12.6. The van der Waals surface area contributed by atoms with Gasteiger partial charge in [0.25, 0.3) is 5.91 Å². The number of anilines is 1. The predicted molar refractivity (Wildman–Crippen MR) is 121 cm³/mol. The number of methoxy groups -OCH3 is 1. The number of benzene rings is 3. The van der Waals surface area contributed by atoms with E-state index in [9.17, 15) is 4.79 Å². The summed E-state index contributed by atoms with van der Waals surface area (Å²) < 4.78 is 21.5. The zero-order chi connectivity index (χ0) is 22.6. The molecule has 164 valence electrons. The minimum Gasteiger partial charge on any atom is -0.497 e. The van der Waals surface area contributed by atoms with E-state index in [4.69, 9.17) is 18.9 Å². The number of rotatable bonds is 6. The van der Waals surface area contributed by atoms with Crippen molar-refractivity contribution in [3.05, 3.63) is 84.4 Å². The first kappa shape index (κ1) is 20.3. The smallest absolute Gasteiger partial charge is 0.255 e. The first-order valence-electron chi connectivity index (χ1n) is 10.1. The van der Waals surface area contributed by atoms with Crippen LogP contribution in [0.25, 0.3) is 11.3 Å². The van der Waals surface area contributed by atoms with Crippen LogP contribution in [-0.2, 0) is 0 Å². The molecule has 0 fully saturated rings. The summed E-state index contributed by atoms with van der Waals surface area (Å²) in [5.74, 6) is 2.72. The second-order valence-corrected chi connectivity index (χ2v) is 7.14. The van der Waals surface area contributed by atoms with E-state index in [1.54, 1.807) is 49.6 Å². The van der Waals surface area contributed by atoms with Gasteiger partial charge in [0.05, 0.1) is 12.8 Å². The lowest BCUT2D eigenvalue weighted by atomic mass is 10.1. The lowest BCUT2D eigenvalue weighted by molar-refractivity contribution is 0.102. The van der Waals surface area contributed by atoms with Crippen LogP contribution in [-0.4, -0.2) is 30.0 Å². The molecule has 8 nitrogen and oxygen atoms in total. The van der Waals surface area contributed by atoms with Crippen molar-refractivity contribution in [1.29, 1.82) is 0 Å². The van der Waals surface area contributed by atoms with Crippen molar-refractivity contribution < 1.29 is 23.7 Å². The molecule has 0 saturated heterocycles. The molecule has 2 heterocycles. The minimum absolute atomic E-state index is 0.186. The van der Waals surface area contributed by atoms with Gasteiger partial charge in [-0.3, -0.25) is 4.79 Å². The molecule has 5 rings (SSSR count). The molecular formula is C25H19N3O5. The fourth-order valence-electron chi connectivity index (χ4n) is 3.28. The van der Waals surface area contributed by atoms with Gasteiger partial charge in [-0.2, -0.15) is 0 Å².